The van der Waals surface area contributed by atoms with Gasteiger partial charge in [-0.25, -0.2) is 4.99 Å². The molecule has 3 N–H and O–H groups in total. The molecule has 2 saturated carbocycles. The fourth-order valence-corrected chi connectivity index (χ4v) is 6.39. The van der Waals surface area contributed by atoms with Gasteiger partial charge in [-0.15, -0.1) is 0 Å². The first-order valence-corrected chi connectivity index (χ1v) is 18.0. The Morgan fingerprint density at radius 1 is 0.818 bits per heavy atom. The molecule has 3 aromatic rings. The Balaban J connectivity index is 0.000000339. The van der Waals surface area contributed by atoms with Gasteiger partial charge in [0.2, 0.25) is 0 Å². The van der Waals surface area contributed by atoms with Crippen molar-refractivity contribution >= 4 is 26.9 Å². The van der Waals surface area contributed by atoms with E-state index >= 15 is 0 Å². The van der Waals surface area contributed by atoms with E-state index in [4.69, 9.17) is 14.3 Å². The van der Waals surface area contributed by atoms with Crippen LogP contribution in [-0.2, 0) is 10.1 Å². The number of aliphatic imine (C=N–C) groups is 1. The average Bonchev–Trinajstić information content (AvgIpc) is 3.03. The Hall–Kier alpha value is -3.10. The lowest BCUT2D eigenvalue weighted by Crippen LogP contribution is -2.45. The number of hydrogen-bond donors (Lipinski definition) is 3. The van der Waals surface area contributed by atoms with Crippen LogP contribution in [-0.4, -0.2) is 44.2 Å². The quantitative estimate of drug-likeness (QED) is 0.0863. The minimum absolute atomic E-state index is 0.0666. The summed E-state index contributed by atoms with van der Waals surface area (Å²) in [7, 11) is -4.02. The number of rotatable bonds is 11. The molecule has 2 fully saturated rings. The van der Waals surface area contributed by atoms with Crippen LogP contribution in [0.15, 0.2) is 76.6 Å². The van der Waals surface area contributed by atoms with E-state index in [1.54, 1.807) is 12.1 Å². The number of hydrogen-bond acceptors (Lipinski definition) is 4. The van der Waals surface area contributed by atoms with Gasteiger partial charge in [0, 0.05) is 12.6 Å². The van der Waals surface area contributed by atoms with E-state index in [0.29, 0.717) is 12.1 Å². The molecule has 2 aliphatic carbocycles. The van der Waals surface area contributed by atoms with Gasteiger partial charge in [0.05, 0.1) is 17.5 Å². The standard InChI is InChI=1S/C29H43N3O.C7H8O3S/c1(2-12-22-33-28-20-19-24-13-9-10-14-25(24)23-28)11-21-30-29(31-26-15-5-3-6-16-26)32-27-17-7-4-8-18-27;1-6-2-4-7(5-3-6)11(8,9)10/h9-10,13-14,19-20,23,26-27H,1-8,11-12,15-18,21-22H2,(H2,30,31,32);2-5H,1H3,(H,8,9,10). The molecule has 3 aromatic carbocycles. The zero-order valence-corrected chi connectivity index (χ0v) is 27.2. The zero-order valence-electron chi connectivity index (χ0n) is 26.3. The molecular formula is C36H51N3O4S. The minimum Gasteiger partial charge on any atom is -0.494 e. The van der Waals surface area contributed by atoms with Gasteiger partial charge in [-0.2, -0.15) is 8.42 Å². The molecule has 0 bridgehead atoms. The number of nitrogens with one attached hydrogen (secondary N) is 2. The lowest BCUT2D eigenvalue weighted by Gasteiger charge is -2.27. The van der Waals surface area contributed by atoms with E-state index in [2.05, 4.69) is 53.1 Å². The molecule has 0 aliphatic heterocycles. The molecule has 8 heteroatoms. The second-order valence-electron chi connectivity index (χ2n) is 12.2. The maximum absolute atomic E-state index is 10.5. The predicted octanol–water partition coefficient (Wildman–Crippen LogP) is 8.22. The molecule has 5 rings (SSSR count). The van der Waals surface area contributed by atoms with Crippen LogP contribution >= 0.6 is 0 Å². The molecule has 7 nitrogen and oxygen atoms in total. The molecule has 240 valence electrons. The van der Waals surface area contributed by atoms with Crippen LogP contribution in [0.25, 0.3) is 10.8 Å². The van der Waals surface area contributed by atoms with Crippen molar-refractivity contribution in [1.29, 1.82) is 0 Å². The third-order valence-corrected chi connectivity index (χ3v) is 9.37. The summed E-state index contributed by atoms with van der Waals surface area (Å²) in [5.74, 6) is 2.06. The van der Waals surface area contributed by atoms with Crippen molar-refractivity contribution in [3.05, 3.63) is 72.3 Å². The lowest BCUT2D eigenvalue weighted by molar-refractivity contribution is 0.305. The number of nitrogens with zero attached hydrogens (tertiary/aromatic N) is 1. The van der Waals surface area contributed by atoms with Crippen LogP contribution in [0.5, 0.6) is 5.75 Å². The highest BCUT2D eigenvalue weighted by Gasteiger charge is 2.17. The number of unbranched alkanes of at least 4 members (excludes halogenated alkanes) is 3. The van der Waals surface area contributed by atoms with E-state index < -0.39 is 10.1 Å². The van der Waals surface area contributed by atoms with Crippen LogP contribution in [0, 0.1) is 6.92 Å². The maximum atomic E-state index is 10.5. The van der Waals surface area contributed by atoms with Gasteiger partial charge in [0.25, 0.3) is 10.1 Å². The summed E-state index contributed by atoms with van der Waals surface area (Å²) in [6, 6.07) is 21.9. The molecule has 2 aliphatic rings. The number of guanidine groups is 1. The fourth-order valence-electron chi connectivity index (χ4n) is 5.91. The largest absolute Gasteiger partial charge is 0.494 e. The van der Waals surface area contributed by atoms with E-state index in [0.717, 1.165) is 36.8 Å². The Morgan fingerprint density at radius 2 is 1.48 bits per heavy atom. The van der Waals surface area contributed by atoms with E-state index in [9.17, 15) is 8.42 Å². The van der Waals surface area contributed by atoms with Crippen molar-refractivity contribution in [1.82, 2.24) is 10.6 Å². The van der Waals surface area contributed by atoms with Crippen molar-refractivity contribution in [3.63, 3.8) is 0 Å². The van der Waals surface area contributed by atoms with Gasteiger partial charge >= 0.3 is 0 Å². The minimum atomic E-state index is -4.02. The predicted molar refractivity (Wildman–Crippen MR) is 181 cm³/mol. The average molecular weight is 622 g/mol. The topological polar surface area (TPSA) is 100 Å². The molecule has 0 saturated heterocycles. The summed E-state index contributed by atoms with van der Waals surface area (Å²) in [4.78, 5) is 5.04. The number of aryl methyl sites for hydroxylation is 1. The van der Waals surface area contributed by atoms with Gasteiger partial charge in [-0.1, -0.05) is 99.4 Å². The second-order valence-corrected chi connectivity index (χ2v) is 13.7. The highest BCUT2D eigenvalue weighted by atomic mass is 32.2. The maximum Gasteiger partial charge on any atom is 0.294 e. The third kappa shape index (κ3) is 12.1. The first-order chi connectivity index (χ1) is 21.4. The number of benzene rings is 3. The molecule has 0 amide bonds. The summed E-state index contributed by atoms with van der Waals surface area (Å²) in [6.45, 7) is 3.65. The Bertz CT molecular complexity index is 1400. The summed E-state index contributed by atoms with van der Waals surface area (Å²) in [5, 5.41) is 9.93. The van der Waals surface area contributed by atoms with Gasteiger partial charge in [0.1, 0.15) is 5.75 Å². The molecule has 0 radical (unpaired) electrons. The molecule has 0 heterocycles. The van der Waals surface area contributed by atoms with Crippen molar-refractivity contribution in [2.45, 2.75) is 114 Å². The van der Waals surface area contributed by atoms with E-state index in [-0.39, 0.29) is 4.90 Å². The van der Waals surface area contributed by atoms with Gasteiger partial charge in [-0.05, 0) is 80.5 Å². The molecule has 0 spiro atoms. The van der Waals surface area contributed by atoms with Crippen molar-refractivity contribution in [2.75, 3.05) is 13.2 Å². The normalized spacial score (nSPS) is 16.6. The summed E-state index contributed by atoms with van der Waals surface area (Å²) >= 11 is 0. The number of fused-ring (bicyclic) bond motifs is 1. The van der Waals surface area contributed by atoms with Crippen LogP contribution < -0.4 is 15.4 Å². The van der Waals surface area contributed by atoms with Crippen LogP contribution in [0.3, 0.4) is 0 Å². The molecule has 44 heavy (non-hydrogen) atoms. The fraction of sp³-hybridized carbons (Fsp3) is 0.528. The zero-order chi connectivity index (χ0) is 31.0. The summed E-state index contributed by atoms with van der Waals surface area (Å²) in [5.41, 5.74) is 0.956. The monoisotopic (exact) mass is 621 g/mol. The van der Waals surface area contributed by atoms with Crippen LogP contribution in [0.4, 0.5) is 0 Å². The van der Waals surface area contributed by atoms with Crippen molar-refractivity contribution in [2.24, 2.45) is 4.99 Å². The van der Waals surface area contributed by atoms with Crippen LogP contribution in [0.1, 0.15) is 95.5 Å². The van der Waals surface area contributed by atoms with E-state index in [1.165, 1.54) is 106 Å². The second kappa shape index (κ2) is 18.0. The number of ether oxygens (including phenoxy) is 1. The highest BCUT2D eigenvalue weighted by Crippen LogP contribution is 2.22. The smallest absolute Gasteiger partial charge is 0.294 e. The molecular weight excluding hydrogens is 570 g/mol. The molecule has 0 unspecified atom stereocenters. The summed E-state index contributed by atoms with van der Waals surface area (Å²) in [6.07, 6.45) is 18.0. The SMILES string of the molecule is Cc1ccc(S(=O)(=O)O)cc1.c1ccc2cc(OCCCCCCN/C(=N\C3CCCCC3)NC3CCCCC3)ccc2c1. The Labute approximate surface area is 264 Å². The first kappa shape index (κ1) is 33.8. The van der Waals surface area contributed by atoms with Gasteiger partial charge in [-0.3, -0.25) is 4.55 Å². The first-order valence-electron chi connectivity index (χ1n) is 16.6. The van der Waals surface area contributed by atoms with Crippen molar-refractivity contribution < 1.29 is 17.7 Å². The third-order valence-electron chi connectivity index (χ3n) is 8.50. The van der Waals surface area contributed by atoms with E-state index in [1.807, 2.05) is 6.92 Å². The highest BCUT2D eigenvalue weighted by molar-refractivity contribution is 7.85. The summed E-state index contributed by atoms with van der Waals surface area (Å²) < 4.78 is 35.5. The van der Waals surface area contributed by atoms with Crippen LogP contribution in [0.2, 0.25) is 0 Å². The molecule has 0 atom stereocenters. The lowest BCUT2D eigenvalue weighted by atomic mass is 9.95. The van der Waals surface area contributed by atoms with Crippen molar-refractivity contribution in [3.8, 4) is 5.75 Å². The van der Waals surface area contributed by atoms with Gasteiger partial charge < -0.3 is 15.4 Å². The van der Waals surface area contributed by atoms with Gasteiger partial charge in [0.15, 0.2) is 5.96 Å². The Kier molecular flexibility index (Phi) is 13.8. The Morgan fingerprint density at radius 3 is 2.18 bits per heavy atom. The molecule has 0 aromatic heterocycles.